The Labute approximate surface area is 205 Å². The van der Waals surface area contributed by atoms with Crippen molar-refractivity contribution in [3.63, 3.8) is 0 Å². The van der Waals surface area contributed by atoms with E-state index in [9.17, 15) is 9.59 Å². The molecule has 0 fully saturated rings. The molecule has 35 heavy (non-hydrogen) atoms. The number of ether oxygens (including phenoxy) is 4. The summed E-state index contributed by atoms with van der Waals surface area (Å²) in [7, 11) is 4.70. The van der Waals surface area contributed by atoms with Crippen LogP contribution in [0.5, 0.6) is 23.0 Å². The maximum absolute atomic E-state index is 12.9. The Morgan fingerprint density at radius 1 is 0.800 bits per heavy atom. The molecule has 0 aliphatic carbocycles. The van der Waals surface area contributed by atoms with Crippen molar-refractivity contribution in [1.82, 2.24) is 5.32 Å². The minimum absolute atomic E-state index is 0.292. The fourth-order valence-electron chi connectivity index (χ4n) is 3.44. The lowest BCUT2D eigenvalue weighted by molar-refractivity contribution is -0.122. The number of benzene rings is 3. The van der Waals surface area contributed by atoms with Crippen LogP contribution in [0.4, 0.5) is 5.69 Å². The molecule has 2 amide bonds. The van der Waals surface area contributed by atoms with Crippen LogP contribution in [0, 0.1) is 0 Å². The molecule has 0 bridgehead atoms. The molecule has 0 aliphatic rings. The monoisotopic (exact) mass is 478 g/mol. The van der Waals surface area contributed by atoms with Crippen LogP contribution in [0.1, 0.15) is 22.8 Å². The summed E-state index contributed by atoms with van der Waals surface area (Å²) in [5, 5.41) is 5.69. The molecule has 3 aromatic rings. The number of carbonyl (C=O) groups excluding carboxylic acids is 2. The van der Waals surface area contributed by atoms with E-state index in [1.807, 2.05) is 24.3 Å². The lowest BCUT2D eigenvalue weighted by Crippen LogP contribution is -2.32. The first kappa shape index (κ1) is 25.4. The molecule has 3 aromatic carbocycles. The second-order valence-electron chi connectivity index (χ2n) is 7.64. The van der Waals surface area contributed by atoms with Gasteiger partial charge in [-0.3, -0.25) is 9.59 Å². The zero-order valence-corrected chi connectivity index (χ0v) is 20.3. The van der Waals surface area contributed by atoms with Gasteiger partial charge >= 0.3 is 0 Å². The van der Waals surface area contributed by atoms with E-state index >= 15 is 0 Å². The van der Waals surface area contributed by atoms with Crippen LogP contribution in [0.3, 0.4) is 0 Å². The van der Waals surface area contributed by atoms with Gasteiger partial charge in [-0.05, 0) is 55.3 Å². The number of rotatable bonds is 11. The Morgan fingerprint density at radius 2 is 1.43 bits per heavy atom. The van der Waals surface area contributed by atoms with Gasteiger partial charge < -0.3 is 29.6 Å². The van der Waals surface area contributed by atoms with Crippen LogP contribution in [-0.4, -0.2) is 45.8 Å². The lowest BCUT2D eigenvalue weighted by Gasteiger charge is -2.18. The zero-order valence-electron chi connectivity index (χ0n) is 20.3. The first-order valence-corrected chi connectivity index (χ1v) is 11.2. The van der Waals surface area contributed by atoms with Crippen molar-refractivity contribution in [2.24, 2.45) is 0 Å². The number of anilines is 1. The van der Waals surface area contributed by atoms with E-state index in [0.29, 0.717) is 47.2 Å². The van der Waals surface area contributed by atoms with Gasteiger partial charge in [0.2, 0.25) is 0 Å². The molecule has 0 unspecified atom stereocenters. The summed E-state index contributed by atoms with van der Waals surface area (Å²) in [4.78, 5) is 25.6. The van der Waals surface area contributed by atoms with Gasteiger partial charge in [-0.15, -0.1) is 0 Å². The van der Waals surface area contributed by atoms with Crippen molar-refractivity contribution in [3.8, 4) is 23.0 Å². The average Bonchev–Trinajstić information content (AvgIpc) is 2.89. The van der Waals surface area contributed by atoms with Crippen molar-refractivity contribution >= 4 is 17.5 Å². The molecular formula is C27H30N2O6. The van der Waals surface area contributed by atoms with Crippen molar-refractivity contribution in [3.05, 3.63) is 77.9 Å². The van der Waals surface area contributed by atoms with Gasteiger partial charge in [-0.1, -0.05) is 30.3 Å². The van der Waals surface area contributed by atoms with E-state index in [1.54, 1.807) is 63.6 Å². The quantitative estimate of drug-likeness (QED) is 0.431. The molecule has 8 nitrogen and oxygen atoms in total. The first-order valence-electron chi connectivity index (χ1n) is 11.2. The number of carbonyl (C=O) groups is 2. The summed E-state index contributed by atoms with van der Waals surface area (Å²) in [5.41, 5.74) is 1.75. The predicted octanol–water partition coefficient (Wildman–Crippen LogP) is 4.09. The molecule has 0 spiro atoms. The Bertz CT molecular complexity index is 1160. The molecule has 0 saturated heterocycles. The van der Waals surface area contributed by atoms with Crippen LogP contribution < -0.4 is 29.6 Å². The summed E-state index contributed by atoms with van der Waals surface area (Å²) in [6, 6.07) is 19.5. The third-order valence-electron chi connectivity index (χ3n) is 5.32. The molecule has 1 atom stereocenters. The molecule has 8 heteroatoms. The highest BCUT2D eigenvalue weighted by Crippen LogP contribution is 2.28. The van der Waals surface area contributed by atoms with E-state index in [-0.39, 0.29) is 11.8 Å². The largest absolute Gasteiger partial charge is 0.493 e. The Kier molecular flexibility index (Phi) is 8.95. The number of methoxy groups -OCH3 is 3. The summed E-state index contributed by atoms with van der Waals surface area (Å²) in [6.07, 6.45) is -0.211. The van der Waals surface area contributed by atoms with Crippen molar-refractivity contribution in [2.45, 2.75) is 19.4 Å². The highest BCUT2D eigenvalue weighted by molar-refractivity contribution is 6.04. The van der Waals surface area contributed by atoms with Crippen molar-refractivity contribution in [1.29, 1.82) is 0 Å². The molecule has 0 heterocycles. The topological polar surface area (TPSA) is 95.1 Å². The van der Waals surface area contributed by atoms with Gasteiger partial charge in [0.15, 0.2) is 29.1 Å². The van der Waals surface area contributed by atoms with Gasteiger partial charge in [-0.25, -0.2) is 0 Å². The van der Waals surface area contributed by atoms with Gasteiger partial charge in [0.05, 0.1) is 32.6 Å². The number of nitrogens with one attached hydrogen (secondary N) is 2. The number of hydrogen-bond acceptors (Lipinski definition) is 6. The van der Waals surface area contributed by atoms with Crippen molar-refractivity contribution in [2.75, 3.05) is 33.2 Å². The number of para-hydroxylation sites is 3. The maximum Gasteiger partial charge on any atom is 0.265 e. The van der Waals surface area contributed by atoms with Gasteiger partial charge in [-0.2, -0.15) is 0 Å². The molecule has 2 N–H and O–H groups in total. The van der Waals surface area contributed by atoms with Gasteiger partial charge in [0, 0.05) is 6.54 Å². The number of amides is 2. The van der Waals surface area contributed by atoms with Crippen LogP contribution >= 0.6 is 0 Å². The van der Waals surface area contributed by atoms with E-state index in [0.717, 1.165) is 5.56 Å². The van der Waals surface area contributed by atoms with E-state index in [4.69, 9.17) is 18.9 Å². The highest BCUT2D eigenvalue weighted by atomic mass is 16.5. The molecule has 184 valence electrons. The summed E-state index contributed by atoms with van der Waals surface area (Å²) in [6.45, 7) is 2.04. The standard InChI is InChI=1S/C27H30N2O6/c1-18(35-24-12-8-7-11-22(24)32-2)26(30)29-21-10-6-5-9-20(21)27(31)28-16-15-19-13-14-23(33-3)25(17-19)34-4/h5-14,17-18H,15-16H2,1-4H3,(H,28,31)(H,29,30)/t18-/m1/s1. The van der Waals surface area contributed by atoms with Crippen LogP contribution in [0.15, 0.2) is 66.7 Å². The molecule has 3 rings (SSSR count). The smallest absolute Gasteiger partial charge is 0.265 e. The van der Waals surface area contributed by atoms with Crippen LogP contribution in [0.25, 0.3) is 0 Å². The minimum Gasteiger partial charge on any atom is -0.493 e. The van der Waals surface area contributed by atoms with E-state index < -0.39 is 6.10 Å². The maximum atomic E-state index is 12.9. The lowest BCUT2D eigenvalue weighted by atomic mass is 10.1. The SMILES string of the molecule is COc1ccc(CCNC(=O)c2ccccc2NC(=O)[C@@H](C)Oc2ccccc2OC)cc1OC. The van der Waals surface area contributed by atoms with Crippen molar-refractivity contribution < 1.29 is 28.5 Å². The van der Waals surface area contributed by atoms with E-state index in [1.165, 1.54) is 7.11 Å². The minimum atomic E-state index is -0.813. The Balaban J connectivity index is 1.60. The molecule has 0 radical (unpaired) electrons. The second-order valence-corrected chi connectivity index (χ2v) is 7.64. The molecule has 0 aliphatic heterocycles. The van der Waals surface area contributed by atoms with Crippen LogP contribution in [-0.2, 0) is 11.2 Å². The fourth-order valence-corrected chi connectivity index (χ4v) is 3.44. The third kappa shape index (κ3) is 6.66. The summed E-state index contributed by atoms with van der Waals surface area (Å²) >= 11 is 0. The second kappa shape index (κ2) is 12.3. The zero-order chi connectivity index (χ0) is 25.2. The van der Waals surface area contributed by atoms with Gasteiger partial charge in [0.25, 0.3) is 11.8 Å². The third-order valence-corrected chi connectivity index (χ3v) is 5.32. The molecular weight excluding hydrogens is 448 g/mol. The molecule has 0 aromatic heterocycles. The average molecular weight is 479 g/mol. The van der Waals surface area contributed by atoms with Crippen LogP contribution in [0.2, 0.25) is 0 Å². The Hall–Kier alpha value is -4.20. The fraction of sp³-hybridized carbons (Fsp3) is 0.259. The highest BCUT2D eigenvalue weighted by Gasteiger charge is 2.19. The summed E-state index contributed by atoms with van der Waals surface area (Å²) < 4.78 is 21.6. The normalized spacial score (nSPS) is 11.2. The first-order chi connectivity index (χ1) is 17.0. The summed E-state index contributed by atoms with van der Waals surface area (Å²) in [5.74, 6) is 1.59. The predicted molar refractivity (Wildman–Crippen MR) is 134 cm³/mol. The molecule has 0 saturated carbocycles. The Morgan fingerprint density at radius 3 is 2.14 bits per heavy atom. The van der Waals surface area contributed by atoms with Gasteiger partial charge in [0.1, 0.15) is 0 Å². The van der Waals surface area contributed by atoms with E-state index in [2.05, 4.69) is 10.6 Å². The number of hydrogen-bond donors (Lipinski definition) is 2.